The lowest BCUT2D eigenvalue weighted by molar-refractivity contribution is 0.0499. The SMILES string of the molecule is CC(C)=CCn1c(N2CCCC(NC(=O)OC(C)(C)C)C2)nc2c1c(=O)n(-c1coc3ccccc3c1=O)c(=O)n2C. The number of nitrogens with one attached hydrogen (secondary N) is 1. The summed E-state index contributed by atoms with van der Waals surface area (Å²) in [6.07, 6.45) is 4.14. The average Bonchev–Trinajstić information content (AvgIpc) is 3.31. The molecule has 1 fully saturated rings. The van der Waals surface area contributed by atoms with Gasteiger partial charge in [-0.15, -0.1) is 0 Å². The number of carbonyl (C=O) groups excluding carboxylic acids is 1. The van der Waals surface area contributed by atoms with E-state index in [1.165, 1.54) is 11.6 Å². The van der Waals surface area contributed by atoms with E-state index in [0.29, 0.717) is 31.2 Å². The fourth-order valence-electron chi connectivity index (χ4n) is 5.18. The third-order valence-corrected chi connectivity index (χ3v) is 7.14. The summed E-state index contributed by atoms with van der Waals surface area (Å²) in [5.41, 5.74) is -0.892. The summed E-state index contributed by atoms with van der Waals surface area (Å²) in [7, 11) is 1.52. The largest absolute Gasteiger partial charge is 0.462 e. The van der Waals surface area contributed by atoms with Crippen LogP contribution in [0.2, 0.25) is 0 Å². The van der Waals surface area contributed by atoms with Gasteiger partial charge in [-0.2, -0.15) is 4.98 Å². The predicted molar refractivity (Wildman–Crippen MR) is 161 cm³/mol. The highest BCUT2D eigenvalue weighted by Crippen LogP contribution is 2.24. The van der Waals surface area contributed by atoms with Gasteiger partial charge >= 0.3 is 11.8 Å². The molecule has 0 bridgehead atoms. The maximum atomic E-state index is 14.1. The number of imidazole rings is 1. The molecule has 0 saturated carbocycles. The number of ether oxygens (including phenoxy) is 1. The van der Waals surface area contributed by atoms with Gasteiger partial charge in [-0.05, 0) is 59.6 Å². The van der Waals surface area contributed by atoms with Crippen LogP contribution in [0.5, 0.6) is 0 Å². The maximum Gasteiger partial charge on any atom is 0.407 e. The standard InChI is InChI=1S/C30H36N6O6/c1-18(2)13-15-35-23-25(32-27(35)34-14-9-10-19(16-34)31-28(39)42-30(3,4)5)33(6)29(40)36(26(23)38)21-17-41-22-12-8-7-11-20(22)24(21)37/h7-8,11-13,17,19H,9-10,14-16H2,1-6H3,(H,31,39). The minimum absolute atomic E-state index is 0.169. The second-order valence-corrected chi connectivity index (χ2v) is 11.8. The minimum atomic E-state index is -0.711. The van der Waals surface area contributed by atoms with Crippen molar-refractivity contribution in [3.63, 3.8) is 0 Å². The number of para-hydroxylation sites is 1. The number of aryl methyl sites for hydroxylation is 1. The van der Waals surface area contributed by atoms with Gasteiger partial charge in [0.25, 0.3) is 5.56 Å². The van der Waals surface area contributed by atoms with Gasteiger partial charge in [0, 0.05) is 32.7 Å². The molecule has 1 amide bonds. The number of piperidine rings is 1. The first-order valence-corrected chi connectivity index (χ1v) is 14.0. The molecule has 222 valence electrons. The fraction of sp³-hybridized carbons (Fsp3) is 0.433. The van der Waals surface area contributed by atoms with Crippen molar-refractivity contribution in [3.8, 4) is 5.69 Å². The number of alkyl carbamates (subject to hydrolysis) is 1. The molecular weight excluding hydrogens is 540 g/mol. The number of rotatable bonds is 5. The molecule has 1 N–H and O–H groups in total. The molecule has 3 aromatic heterocycles. The fourth-order valence-corrected chi connectivity index (χ4v) is 5.18. The van der Waals surface area contributed by atoms with Crippen molar-refractivity contribution in [2.24, 2.45) is 7.05 Å². The number of amides is 1. The number of allylic oxidation sites excluding steroid dienone is 2. The van der Waals surface area contributed by atoms with Gasteiger partial charge < -0.3 is 23.9 Å². The summed E-state index contributed by atoms with van der Waals surface area (Å²) < 4.78 is 15.0. The molecule has 12 heteroatoms. The number of fused-ring (bicyclic) bond motifs is 2. The topological polar surface area (TPSA) is 134 Å². The highest BCUT2D eigenvalue weighted by molar-refractivity contribution is 5.79. The second-order valence-electron chi connectivity index (χ2n) is 11.8. The molecule has 4 aromatic rings. The second kappa shape index (κ2) is 11.0. The highest BCUT2D eigenvalue weighted by atomic mass is 16.6. The zero-order valence-corrected chi connectivity index (χ0v) is 24.8. The Morgan fingerprint density at radius 3 is 2.64 bits per heavy atom. The van der Waals surface area contributed by atoms with Crippen molar-refractivity contribution in [1.29, 1.82) is 0 Å². The van der Waals surface area contributed by atoms with Crippen LogP contribution in [-0.2, 0) is 18.3 Å². The monoisotopic (exact) mass is 576 g/mol. The normalized spacial score (nSPS) is 15.7. The van der Waals surface area contributed by atoms with Gasteiger partial charge in [0.2, 0.25) is 11.4 Å². The molecule has 0 aliphatic carbocycles. The zero-order valence-electron chi connectivity index (χ0n) is 24.8. The van der Waals surface area contributed by atoms with Crippen molar-refractivity contribution in [3.05, 3.63) is 73.2 Å². The van der Waals surface area contributed by atoms with Crippen LogP contribution in [0.1, 0.15) is 47.5 Å². The third kappa shape index (κ3) is 5.48. The summed E-state index contributed by atoms with van der Waals surface area (Å²) in [6.45, 7) is 10.7. The van der Waals surface area contributed by atoms with E-state index in [-0.39, 0.29) is 28.3 Å². The van der Waals surface area contributed by atoms with Crippen molar-refractivity contribution >= 4 is 34.2 Å². The van der Waals surface area contributed by atoms with Gasteiger partial charge in [0.05, 0.1) is 5.39 Å². The first-order valence-electron chi connectivity index (χ1n) is 14.0. The first kappa shape index (κ1) is 28.9. The van der Waals surface area contributed by atoms with Crippen LogP contribution in [0.3, 0.4) is 0 Å². The van der Waals surface area contributed by atoms with E-state index in [0.717, 1.165) is 29.2 Å². The molecule has 1 aliphatic rings. The molecule has 0 spiro atoms. The van der Waals surface area contributed by atoms with E-state index in [1.807, 2.05) is 45.6 Å². The smallest absolute Gasteiger partial charge is 0.407 e. The Bertz CT molecular complexity index is 1880. The Labute approximate surface area is 241 Å². The van der Waals surface area contributed by atoms with Crippen LogP contribution in [0.25, 0.3) is 27.8 Å². The number of anilines is 1. The van der Waals surface area contributed by atoms with Gasteiger partial charge in [-0.25, -0.2) is 14.2 Å². The summed E-state index contributed by atoms with van der Waals surface area (Å²) in [6, 6.07) is 6.47. The quantitative estimate of drug-likeness (QED) is 0.357. The molecule has 12 nitrogen and oxygen atoms in total. The lowest BCUT2D eigenvalue weighted by atomic mass is 10.1. The van der Waals surface area contributed by atoms with Crippen molar-refractivity contribution in [2.75, 3.05) is 18.0 Å². The molecule has 1 aromatic carbocycles. The van der Waals surface area contributed by atoms with Crippen molar-refractivity contribution < 1.29 is 13.9 Å². The van der Waals surface area contributed by atoms with Gasteiger partial charge in [0.15, 0.2) is 11.2 Å². The van der Waals surface area contributed by atoms with Gasteiger partial charge in [-0.1, -0.05) is 23.8 Å². The number of carbonyl (C=O) groups is 1. The van der Waals surface area contributed by atoms with E-state index in [4.69, 9.17) is 14.1 Å². The Morgan fingerprint density at radius 2 is 1.93 bits per heavy atom. The zero-order chi connectivity index (χ0) is 30.3. The number of hydrogen-bond acceptors (Lipinski definition) is 8. The van der Waals surface area contributed by atoms with Crippen LogP contribution in [-0.4, -0.2) is 49.5 Å². The molecule has 42 heavy (non-hydrogen) atoms. The Kier molecular flexibility index (Phi) is 7.56. The number of hydrogen-bond donors (Lipinski definition) is 1. The predicted octanol–water partition coefficient (Wildman–Crippen LogP) is 3.45. The van der Waals surface area contributed by atoms with E-state index < -0.39 is 28.4 Å². The van der Waals surface area contributed by atoms with E-state index >= 15 is 0 Å². The molecule has 0 radical (unpaired) electrons. The third-order valence-electron chi connectivity index (χ3n) is 7.14. The van der Waals surface area contributed by atoms with E-state index in [2.05, 4.69) is 5.32 Å². The minimum Gasteiger partial charge on any atom is -0.462 e. The van der Waals surface area contributed by atoms with Gasteiger partial charge in [-0.3, -0.25) is 14.2 Å². The lowest BCUT2D eigenvalue weighted by Gasteiger charge is -2.34. The van der Waals surface area contributed by atoms with E-state index in [9.17, 15) is 19.2 Å². The number of nitrogens with zero attached hydrogens (tertiary/aromatic N) is 5. The molecule has 1 saturated heterocycles. The highest BCUT2D eigenvalue weighted by Gasteiger charge is 2.29. The molecule has 4 heterocycles. The number of aromatic nitrogens is 4. The molecular formula is C30H36N6O6. The molecule has 1 atom stereocenters. The molecule has 5 rings (SSSR count). The van der Waals surface area contributed by atoms with Crippen LogP contribution in [0, 0.1) is 0 Å². The average molecular weight is 577 g/mol. The molecule has 1 aliphatic heterocycles. The van der Waals surface area contributed by atoms with Crippen molar-refractivity contribution in [2.45, 2.75) is 65.6 Å². The number of benzene rings is 1. The summed E-state index contributed by atoms with van der Waals surface area (Å²) in [5.74, 6) is 0.494. The van der Waals surface area contributed by atoms with Crippen molar-refractivity contribution in [1.82, 2.24) is 24.0 Å². The summed E-state index contributed by atoms with van der Waals surface area (Å²) in [4.78, 5) is 60.3. The van der Waals surface area contributed by atoms with Crippen LogP contribution in [0.4, 0.5) is 10.7 Å². The van der Waals surface area contributed by atoms with Crippen LogP contribution < -0.4 is 26.9 Å². The van der Waals surface area contributed by atoms with E-state index in [1.54, 1.807) is 28.8 Å². The van der Waals surface area contributed by atoms with Gasteiger partial charge in [0.1, 0.15) is 23.1 Å². The first-order chi connectivity index (χ1) is 19.9. The molecule has 1 unspecified atom stereocenters. The lowest BCUT2D eigenvalue weighted by Crippen LogP contribution is -2.49. The maximum absolute atomic E-state index is 14.1. The van der Waals surface area contributed by atoms with Crippen LogP contribution >= 0.6 is 0 Å². The summed E-state index contributed by atoms with van der Waals surface area (Å²) >= 11 is 0. The Balaban J connectivity index is 1.65. The van der Waals surface area contributed by atoms with Crippen LogP contribution in [0.15, 0.2) is 61.0 Å². The summed E-state index contributed by atoms with van der Waals surface area (Å²) in [5, 5.41) is 3.21. The Hall–Kier alpha value is -4.61. The Morgan fingerprint density at radius 1 is 1.19 bits per heavy atom.